The zero-order chi connectivity index (χ0) is 16.4. The Hall–Kier alpha value is -1.73. The van der Waals surface area contributed by atoms with Gasteiger partial charge in [0.05, 0.1) is 10.6 Å². The third-order valence-electron chi connectivity index (χ3n) is 3.80. The minimum absolute atomic E-state index is 0.0615. The van der Waals surface area contributed by atoms with E-state index in [1.165, 1.54) is 22.7 Å². The molecule has 1 aliphatic rings. The smallest absolute Gasteiger partial charge is 0.264 e. The van der Waals surface area contributed by atoms with E-state index in [2.05, 4.69) is 10.3 Å². The van der Waals surface area contributed by atoms with Crippen molar-refractivity contribution >= 4 is 39.6 Å². The Kier molecular flexibility index (Phi) is 4.77. The Morgan fingerprint density at radius 3 is 2.74 bits per heavy atom. The summed E-state index contributed by atoms with van der Waals surface area (Å²) in [5.74, 6) is 0.286. The van der Waals surface area contributed by atoms with Gasteiger partial charge in [-0.1, -0.05) is 6.07 Å². The van der Waals surface area contributed by atoms with Crippen molar-refractivity contribution in [3.63, 3.8) is 0 Å². The molecule has 0 unspecified atom stereocenters. The summed E-state index contributed by atoms with van der Waals surface area (Å²) >= 11 is 2.87. The predicted octanol–water partition coefficient (Wildman–Crippen LogP) is 3.31. The fourth-order valence-corrected chi connectivity index (χ4v) is 3.77. The summed E-state index contributed by atoms with van der Waals surface area (Å²) in [6.45, 7) is 4.62. The van der Waals surface area contributed by atoms with Crippen molar-refractivity contribution < 1.29 is 9.59 Å². The molecule has 2 heterocycles. The van der Waals surface area contributed by atoms with E-state index in [-0.39, 0.29) is 18.4 Å². The Balaban J connectivity index is 1.65. The van der Waals surface area contributed by atoms with Gasteiger partial charge in [0.15, 0.2) is 5.13 Å². The monoisotopic (exact) mass is 349 g/mol. The molecule has 0 spiro atoms. The van der Waals surface area contributed by atoms with Gasteiger partial charge in [-0.15, -0.1) is 22.7 Å². The molecule has 5 nitrogen and oxygen atoms in total. The van der Waals surface area contributed by atoms with Crippen LogP contribution < -0.4 is 5.32 Å². The lowest BCUT2D eigenvalue weighted by molar-refractivity contribution is -0.116. The summed E-state index contributed by atoms with van der Waals surface area (Å²) in [5.41, 5.74) is 0.926. The van der Waals surface area contributed by atoms with Crippen LogP contribution in [0.1, 0.15) is 33.1 Å². The third-order valence-corrected chi connectivity index (χ3v) is 5.65. The van der Waals surface area contributed by atoms with Gasteiger partial charge >= 0.3 is 0 Å². The van der Waals surface area contributed by atoms with Gasteiger partial charge in [-0.05, 0) is 44.1 Å². The molecule has 3 rings (SSSR count). The van der Waals surface area contributed by atoms with E-state index in [0.717, 1.165) is 23.4 Å². The quantitative estimate of drug-likeness (QED) is 0.870. The number of thiazole rings is 1. The fraction of sp³-hybridized carbons (Fsp3) is 0.438. The van der Waals surface area contributed by atoms with Crippen LogP contribution in [0, 0.1) is 19.8 Å². The molecule has 2 amide bonds. The lowest BCUT2D eigenvalue weighted by Gasteiger charge is -2.21. The molecular weight excluding hydrogens is 330 g/mol. The number of hydrogen-bond donors (Lipinski definition) is 1. The average molecular weight is 349 g/mol. The van der Waals surface area contributed by atoms with E-state index in [4.69, 9.17) is 0 Å². The van der Waals surface area contributed by atoms with Crippen molar-refractivity contribution in [1.82, 2.24) is 9.88 Å². The van der Waals surface area contributed by atoms with Gasteiger partial charge in [0.25, 0.3) is 5.91 Å². The van der Waals surface area contributed by atoms with Gasteiger partial charge in [-0.2, -0.15) is 0 Å². The highest BCUT2D eigenvalue weighted by Gasteiger charge is 2.29. The molecule has 1 saturated carbocycles. The molecule has 0 bridgehead atoms. The van der Waals surface area contributed by atoms with Crippen LogP contribution in [0.15, 0.2) is 17.5 Å². The number of nitrogens with zero attached hydrogens (tertiary/aromatic N) is 2. The van der Waals surface area contributed by atoms with Crippen LogP contribution in [0.4, 0.5) is 5.13 Å². The van der Waals surface area contributed by atoms with Crippen molar-refractivity contribution in [2.45, 2.75) is 26.7 Å². The number of hydrogen-bond acceptors (Lipinski definition) is 5. The molecule has 0 atom stereocenters. The van der Waals surface area contributed by atoms with Crippen LogP contribution in [-0.2, 0) is 4.79 Å². The number of anilines is 1. The summed E-state index contributed by atoms with van der Waals surface area (Å²) in [7, 11) is 0. The van der Waals surface area contributed by atoms with Gasteiger partial charge in [0, 0.05) is 11.4 Å². The Labute approximate surface area is 143 Å². The minimum Gasteiger partial charge on any atom is -0.328 e. The maximum absolute atomic E-state index is 12.6. The van der Waals surface area contributed by atoms with E-state index in [1.807, 2.05) is 25.3 Å². The third kappa shape index (κ3) is 4.17. The number of aromatic nitrogens is 1. The van der Waals surface area contributed by atoms with Crippen LogP contribution in [0.2, 0.25) is 0 Å². The van der Waals surface area contributed by atoms with Crippen molar-refractivity contribution in [3.05, 3.63) is 33.0 Å². The van der Waals surface area contributed by atoms with Crippen molar-refractivity contribution in [2.24, 2.45) is 5.92 Å². The second kappa shape index (κ2) is 6.80. The standard InChI is InChI=1S/C16H19N3O2S2/c1-10-11(2)23-16(17-10)18-14(20)9-19(8-12-5-6-12)15(21)13-4-3-7-22-13/h3-4,7,12H,5-6,8-9H2,1-2H3,(H,17,18,20). The molecular formula is C16H19N3O2S2. The van der Waals surface area contributed by atoms with Crippen LogP contribution >= 0.6 is 22.7 Å². The van der Waals surface area contributed by atoms with Crippen LogP contribution in [-0.4, -0.2) is 34.8 Å². The van der Waals surface area contributed by atoms with Gasteiger partial charge in [0.1, 0.15) is 6.54 Å². The van der Waals surface area contributed by atoms with Crippen LogP contribution in [0.5, 0.6) is 0 Å². The topological polar surface area (TPSA) is 62.3 Å². The number of rotatable bonds is 6. The average Bonchev–Trinajstić information content (AvgIpc) is 3.04. The molecule has 2 aromatic heterocycles. The number of thiophene rings is 1. The predicted molar refractivity (Wildman–Crippen MR) is 93.2 cm³/mol. The van der Waals surface area contributed by atoms with Crippen molar-refractivity contribution in [3.8, 4) is 0 Å². The molecule has 2 aromatic rings. The Morgan fingerprint density at radius 2 is 2.17 bits per heavy atom. The summed E-state index contributed by atoms with van der Waals surface area (Å²) in [5, 5.41) is 5.28. The molecule has 7 heteroatoms. The van der Waals surface area contributed by atoms with E-state index in [1.54, 1.807) is 11.0 Å². The molecule has 1 N–H and O–H groups in total. The van der Waals surface area contributed by atoms with Gasteiger partial charge in [0.2, 0.25) is 5.91 Å². The fourth-order valence-electron chi connectivity index (χ4n) is 2.25. The highest BCUT2D eigenvalue weighted by Crippen LogP contribution is 2.30. The number of aryl methyl sites for hydroxylation is 2. The lowest BCUT2D eigenvalue weighted by atomic mass is 10.3. The first-order valence-electron chi connectivity index (χ1n) is 7.59. The SMILES string of the molecule is Cc1nc(NC(=O)CN(CC2CC2)C(=O)c2cccs2)sc1C. The van der Waals surface area contributed by atoms with E-state index < -0.39 is 0 Å². The first kappa shape index (κ1) is 16.1. The largest absolute Gasteiger partial charge is 0.328 e. The lowest BCUT2D eigenvalue weighted by Crippen LogP contribution is -2.39. The number of amides is 2. The van der Waals surface area contributed by atoms with E-state index in [9.17, 15) is 9.59 Å². The highest BCUT2D eigenvalue weighted by molar-refractivity contribution is 7.15. The van der Waals surface area contributed by atoms with Crippen molar-refractivity contribution in [1.29, 1.82) is 0 Å². The van der Waals surface area contributed by atoms with Gasteiger partial charge in [-0.3, -0.25) is 9.59 Å². The number of nitrogens with one attached hydrogen (secondary N) is 1. The summed E-state index contributed by atoms with van der Waals surface area (Å²) in [4.78, 5) is 32.6. The second-order valence-electron chi connectivity index (χ2n) is 5.82. The highest BCUT2D eigenvalue weighted by atomic mass is 32.1. The Bertz CT molecular complexity index is 685. The molecule has 0 aromatic carbocycles. The minimum atomic E-state index is -0.190. The van der Waals surface area contributed by atoms with Crippen LogP contribution in [0.3, 0.4) is 0 Å². The van der Waals surface area contributed by atoms with Gasteiger partial charge < -0.3 is 10.2 Å². The van der Waals surface area contributed by atoms with E-state index >= 15 is 0 Å². The normalized spacial score (nSPS) is 13.8. The van der Waals surface area contributed by atoms with Crippen molar-refractivity contribution in [2.75, 3.05) is 18.4 Å². The molecule has 0 aliphatic heterocycles. The molecule has 1 aliphatic carbocycles. The number of carbonyl (C=O) groups is 2. The number of carbonyl (C=O) groups excluding carboxylic acids is 2. The summed E-state index contributed by atoms with van der Waals surface area (Å²) in [6.07, 6.45) is 2.28. The maximum Gasteiger partial charge on any atom is 0.264 e. The molecule has 1 fully saturated rings. The van der Waals surface area contributed by atoms with Crippen LogP contribution in [0.25, 0.3) is 0 Å². The summed E-state index contributed by atoms with van der Waals surface area (Å²) in [6, 6.07) is 3.66. The maximum atomic E-state index is 12.6. The zero-order valence-electron chi connectivity index (χ0n) is 13.2. The molecule has 0 saturated heterocycles. The molecule has 23 heavy (non-hydrogen) atoms. The summed E-state index contributed by atoms with van der Waals surface area (Å²) < 4.78 is 0. The second-order valence-corrected chi connectivity index (χ2v) is 7.97. The Morgan fingerprint density at radius 1 is 1.39 bits per heavy atom. The molecule has 0 radical (unpaired) electrons. The first-order chi connectivity index (χ1) is 11.0. The zero-order valence-corrected chi connectivity index (χ0v) is 14.8. The van der Waals surface area contributed by atoms with Gasteiger partial charge in [-0.25, -0.2) is 4.98 Å². The van der Waals surface area contributed by atoms with E-state index in [0.29, 0.717) is 22.5 Å². The first-order valence-corrected chi connectivity index (χ1v) is 9.29. The molecule has 122 valence electrons.